The Labute approximate surface area is 391 Å². The maximum absolute atomic E-state index is 13.3. The molecule has 4 aromatic carbocycles. The number of rotatable bonds is 9. The van der Waals surface area contributed by atoms with Gasteiger partial charge in [0.05, 0.1) is 24.2 Å². The summed E-state index contributed by atoms with van der Waals surface area (Å²) in [6.07, 6.45) is 6.75. The molecule has 344 valence electrons. The van der Waals surface area contributed by atoms with Crippen molar-refractivity contribution in [3.05, 3.63) is 140 Å². The highest BCUT2D eigenvalue weighted by molar-refractivity contribution is 6.32. The Bertz CT molecular complexity index is 2400. The number of anilines is 2. The second-order valence-corrected chi connectivity index (χ2v) is 18.8. The van der Waals surface area contributed by atoms with Gasteiger partial charge in [-0.05, 0) is 122 Å². The molecule has 4 aliphatic heterocycles. The normalized spacial score (nSPS) is 21.7. The maximum Gasteiger partial charge on any atom is 0.247 e. The van der Waals surface area contributed by atoms with E-state index in [4.69, 9.17) is 28.9 Å². The number of benzene rings is 4. The number of aryl methyl sites for hydroxylation is 2. The number of hydrogen-bond acceptors (Lipinski definition) is 8. The van der Waals surface area contributed by atoms with E-state index in [1.807, 2.05) is 60.0 Å². The summed E-state index contributed by atoms with van der Waals surface area (Å²) < 4.78 is 26.5. The van der Waals surface area contributed by atoms with E-state index in [9.17, 15) is 23.2 Å². The zero-order valence-electron chi connectivity index (χ0n) is 37.6. The standard InChI is InChI=1S/C26H30ClFN4O2.C24H28ClFN4O/c1-17-10-20(25(11-24(17)27)29-18(2)33)6-9-26(34)32-22-13-30(3)14-23(32)16-31(15-22)12-19-4-7-21(28)8-5-19;1-16-9-18(23(27)10-22(16)25)5-8-24(31)30-20-12-28(2)13-21(30)15-29(14-20)11-17-3-6-19(26)7-4-17/h4-11,22-23H,12-16H2,1-3H3,(H,29,33);3-10,20-21H,11-15,27H2,1-2H3/b9-6+;8-5+. The highest BCUT2D eigenvalue weighted by Crippen LogP contribution is 2.30. The van der Waals surface area contributed by atoms with Crippen LogP contribution in [0.15, 0.2) is 84.9 Å². The maximum atomic E-state index is 13.3. The van der Waals surface area contributed by atoms with Gasteiger partial charge in [0.2, 0.25) is 17.7 Å². The van der Waals surface area contributed by atoms with Crippen LogP contribution in [0.25, 0.3) is 12.2 Å². The summed E-state index contributed by atoms with van der Waals surface area (Å²) in [5, 5.41) is 3.97. The molecule has 3 N–H and O–H groups in total. The minimum atomic E-state index is -0.234. The Morgan fingerprint density at radius 1 is 0.631 bits per heavy atom. The van der Waals surface area contributed by atoms with E-state index in [1.54, 1.807) is 36.4 Å². The molecular weight excluding hydrogens is 870 g/mol. The van der Waals surface area contributed by atoms with Crippen LogP contribution in [-0.4, -0.2) is 138 Å². The van der Waals surface area contributed by atoms with Gasteiger partial charge >= 0.3 is 0 Å². The molecule has 3 amide bonds. The Morgan fingerprint density at radius 2 is 1.02 bits per heavy atom. The lowest BCUT2D eigenvalue weighted by molar-refractivity contribution is -0.141. The molecule has 0 spiro atoms. The van der Waals surface area contributed by atoms with Crippen LogP contribution in [0.3, 0.4) is 0 Å². The number of carbonyl (C=O) groups excluding carboxylic acids is 3. The van der Waals surface area contributed by atoms with E-state index in [-0.39, 0.29) is 53.5 Å². The van der Waals surface area contributed by atoms with Crippen LogP contribution < -0.4 is 11.1 Å². The number of amides is 3. The van der Waals surface area contributed by atoms with Crippen LogP contribution in [0.4, 0.5) is 20.2 Å². The van der Waals surface area contributed by atoms with Crippen LogP contribution in [0.5, 0.6) is 0 Å². The molecule has 4 heterocycles. The van der Waals surface area contributed by atoms with Crippen molar-refractivity contribution in [2.45, 2.75) is 58.0 Å². The summed E-state index contributed by atoms with van der Waals surface area (Å²) in [5.74, 6) is -0.679. The van der Waals surface area contributed by atoms with Gasteiger partial charge in [0, 0.05) is 106 Å². The topological polar surface area (TPSA) is 109 Å². The lowest BCUT2D eigenvalue weighted by Crippen LogP contribution is -2.68. The minimum Gasteiger partial charge on any atom is -0.398 e. The third-order valence-electron chi connectivity index (χ3n) is 12.5. The first-order chi connectivity index (χ1) is 31.0. The number of carbonyl (C=O) groups is 3. The Hall–Kier alpha value is -5.15. The van der Waals surface area contributed by atoms with Crippen molar-refractivity contribution in [2.75, 3.05) is 77.5 Å². The van der Waals surface area contributed by atoms with Crippen molar-refractivity contribution in [1.29, 1.82) is 0 Å². The zero-order chi connectivity index (χ0) is 46.5. The van der Waals surface area contributed by atoms with Gasteiger partial charge in [-0.3, -0.25) is 24.2 Å². The zero-order valence-corrected chi connectivity index (χ0v) is 39.1. The van der Waals surface area contributed by atoms with E-state index < -0.39 is 0 Å². The molecule has 11 nitrogen and oxygen atoms in total. The number of nitrogens with two attached hydrogens (primary N) is 1. The number of halogens is 4. The average Bonchev–Trinajstić information content (AvgIpc) is 3.23. The largest absolute Gasteiger partial charge is 0.398 e. The first-order valence-electron chi connectivity index (χ1n) is 21.9. The van der Waals surface area contributed by atoms with Crippen LogP contribution in [-0.2, 0) is 27.5 Å². The van der Waals surface area contributed by atoms with E-state index >= 15 is 0 Å². The van der Waals surface area contributed by atoms with Crippen LogP contribution in [0.2, 0.25) is 10.0 Å². The molecule has 8 rings (SSSR count). The van der Waals surface area contributed by atoms with E-state index in [0.29, 0.717) is 21.4 Å². The van der Waals surface area contributed by atoms with Gasteiger partial charge < -0.3 is 30.7 Å². The number of nitrogens with one attached hydrogen (secondary N) is 1. The molecule has 4 saturated heterocycles. The van der Waals surface area contributed by atoms with Gasteiger partial charge in [-0.15, -0.1) is 0 Å². The fourth-order valence-electron chi connectivity index (χ4n) is 9.63. The summed E-state index contributed by atoms with van der Waals surface area (Å²) >= 11 is 12.4. The fourth-order valence-corrected chi connectivity index (χ4v) is 9.97. The predicted octanol–water partition coefficient (Wildman–Crippen LogP) is 7.20. The molecule has 0 aliphatic carbocycles. The van der Waals surface area contributed by atoms with Crippen molar-refractivity contribution < 1.29 is 23.2 Å². The third-order valence-corrected chi connectivity index (χ3v) is 13.3. The summed E-state index contributed by atoms with van der Waals surface area (Å²) in [4.78, 5) is 51.4. The Kier molecular flexibility index (Phi) is 15.4. The van der Waals surface area contributed by atoms with Gasteiger partial charge in [-0.25, -0.2) is 8.78 Å². The highest BCUT2D eigenvalue weighted by Gasteiger charge is 2.42. The highest BCUT2D eigenvalue weighted by atomic mass is 35.5. The van der Waals surface area contributed by atoms with Crippen molar-refractivity contribution in [2.24, 2.45) is 0 Å². The summed E-state index contributed by atoms with van der Waals surface area (Å²) in [7, 11) is 4.19. The van der Waals surface area contributed by atoms with Crippen molar-refractivity contribution >= 4 is 64.5 Å². The smallest absolute Gasteiger partial charge is 0.247 e. The molecule has 4 aliphatic rings. The van der Waals surface area contributed by atoms with E-state index in [2.05, 4.69) is 39.0 Å². The Morgan fingerprint density at radius 3 is 1.43 bits per heavy atom. The van der Waals surface area contributed by atoms with Gasteiger partial charge in [-0.1, -0.05) is 47.5 Å². The molecule has 4 aromatic rings. The third kappa shape index (κ3) is 12.2. The van der Waals surface area contributed by atoms with Crippen molar-refractivity contribution in [3.8, 4) is 0 Å². The lowest BCUT2D eigenvalue weighted by Gasteiger charge is -2.52. The number of piperazine rings is 4. The quantitative estimate of drug-likeness (QED) is 0.134. The predicted molar refractivity (Wildman–Crippen MR) is 256 cm³/mol. The summed E-state index contributed by atoms with van der Waals surface area (Å²) in [6.45, 7) is 13.1. The van der Waals surface area contributed by atoms with Gasteiger partial charge in [0.25, 0.3) is 0 Å². The molecule has 0 saturated carbocycles. The summed E-state index contributed by atoms with van der Waals surface area (Å²) in [6, 6.07) is 20.8. The molecule has 4 bridgehead atoms. The number of fused-ring (bicyclic) bond motifs is 4. The van der Waals surface area contributed by atoms with Gasteiger partial charge in [0.1, 0.15) is 11.6 Å². The minimum absolute atomic E-state index is 0.0107. The molecule has 4 atom stereocenters. The molecule has 0 radical (unpaired) electrons. The van der Waals surface area contributed by atoms with E-state index in [1.165, 1.54) is 31.2 Å². The van der Waals surface area contributed by atoms with Gasteiger partial charge in [0.15, 0.2) is 0 Å². The Balaban J connectivity index is 0.000000195. The molecule has 4 fully saturated rings. The monoisotopic (exact) mass is 926 g/mol. The van der Waals surface area contributed by atoms with Crippen LogP contribution in [0.1, 0.15) is 40.3 Å². The first-order valence-corrected chi connectivity index (χ1v) is 22.7. The SMILES string of the molecule is CC(=O)Nc1cc(Cl)c(C)cc1/C=C/C(=O)N1C2CN(C)CC1CN(Cc1ccc(F)cc1)C2.Cc1cc(/C=C/C(=O)N2C3CN(C)CC2CN(Cc2ccc(F)cc2)C3)c(N)cc1Cl. The van der Waals surface area contributed by atoms with E-state index in [0.717, 1.165) is 98.8 Å². The summed E-state index contributed by atoms with van der Waals surface area (Å²) in [5.41, 5.74) is 12.7. The number of likely N-dealkylation sites (N-methyl/N-ethyl adjacent to an activating group) is 2. The number of nitrogens with zero attached hydrogens (tertiary/aromatic N) is 6. The van der Waals surface area contributed by atoms with Crippen molar-refractivity contribution in [1.82, 2.24) is 29.4 Å². The second kappa shape index (κ2) is 21.0. The molecule has 65 heavy (non-hydrogen) atoms. The molecular formula is C50H58Cl2F2N8O3. The molecule has 15 heteroatoms. The molecule has 4 unspecified atom stereocenters. The first kappa shape index (κ1) is 47.8. The second-order valence-electron chi connectivity index (χ2n) is 18.0. The molecule has 0 aromatic heterocycles. The number of hydrogen-bond donors (Lipinski definition) is 2. The van der Waals surface area contributed by atoms with Crippen LogP contribution >= 0.6 is 23.2 Å². The average molecular weight is 928 g/mol. The number of nitrogen functional groups attached to an aromatic ring is 1. The van der Waals surface area contributed by atoms with Crippen LogP contribution in [0, 0.1) is 25.5 Å². The van der Waals surface area contributed by atoms with Crippen molar-refractivity contribution in [3.63, 3.8) is 0 Å². The fraction of sp³-hybridized carbons (Fsp3) is 0.380. The van der Waals surface area contributed by atoms with Gasteiger partial charge in [-0.2, -0.15) is 0 Å². The lowest BCUT2D eigenvalue weighted by atomic mass is 9.99.